The minimum atomic E-state index is 0.315. The van der Waals surface area contributed by atoms with E-state index in [4.69, 9.17) is 0 Å². The summed E-state index contributed by atoms with van der Waals surface area (Å²) in [6.07, 6.45) is 7.55. The topological polar surface area (TPSA) is 12.0 Å². The molecule has 1 aromatic carbocycles. The Morgan fingerprint density at radius 1 is 1.24 bits per heavy atom. The Kier molecular flexibility index (Phi) is 12.2. The quantitative estimate of drug-likeness (QED) is 0.523. The Balaban J connectivity index is 0.000000690. The van der Waals surface area contributed by atoms with Crippen LogP contribution in [0.1, 0.15) is 52.4 Å². The van der Waals surface area contributed by atoms with Crippen LogP contribution in [0.15, 0.2) is 54.1 Å². The van der Waals surface area contributed by atoms with Crippen molar-refractivity contribution < 1.29 is 0 Å². The molecule has 2 unspecified atom stereocenters. The fourth-order valence-corrected chi connectivity index (χ4v) is 1.71. The summed E-state index contributed by atoms with van der Waals surface area (Å²) >= 11 is 0. The number of nitrogens with one attached hydrogen (secondary N) is 1. The Morgan fingerprint density at radius 2 is 1.81 bits per heavy atom. The molecule has 21 heavy (non-hydrogen) atoms. The van der Waals surface area contributed by atoms with Crippen LogP contribution in [0.25, 0.3) is 0 Å². The molecule has 0 saturated heterocycles. The predicted octanol–water partition coefficient (Wildman–Crippen LogP) is 5.72. The number of hydrogen-bond donors (Lipinski definition) is 1. The van der Waals surface area contributed by atoms with Gasteiger partial charge in [-0.1, -0.05) is 81.3 Å². The maximum absolute atomic E-state index is 3.47. The predicted molar refractivity (Wildman–Crippen MR) is 101 cm³/mol. The Labute approximate surface area is 134 Å². The molecule has 2 heteroatoms. The molecule has 1 aromatic rings. The van der Waals surface area contributed by atoms with Crippen LogP contribution in [0.2, 0.25) is 0 Å². The maximum atomic E-state index is 3.47. The van der Waals surface area contributed by atoms with Gasteiger partial charge in [0.1, 0.15) is 0 Å². The monoisotopic (exact) mass is 305 g/mol. The molecule has 1 rings (SSSR count). The lowest BCUT2D eigenvalue weighted by molar-refractivity contribution is 0.626. The van der Waals surface area contributed by atoms with E-state index in [1.54, 1.807) is 0 Å². The van der Waals surface area contributed by atoms with Crippen molar-refractivity contribution in [2.45, 2.75) is 46.8 Å². The molecule has 2 atom stereocenters. The van der Waals surface area contributed by atoms with E-state index in [1.807, 2.05) is 19.1 Å². The molecule has 0 radical (unpaired) electrons. The van der Waals surface area contributed by atoms with E-state index in [2.05, 4.69) is 78.7 Å². The van der Waals surface area contributed by atoms with Crippen LogP contribution in [-0.2, 0) is 0 Å². The number of hydrogen-bond acceptors (Lipinski definition) is 1. The molecular weight excluding hydrogens is 273 g/mol. The average Bonchev–Trinajstić information content (AvgIpc) is 2.51. The Bertz CT molecular complexity index is 407. The highest BCUT2D eigenvalue weighted by molar-refractivity contribution is 7.17. The summed E-state index contributed by atoms with van der Waals surface area (Å²) in [6.45, 7) is 11.7. The third-order valence-electron chi connectivity index (χ3n) is 3.15. The molecule has 118 valence electrons. The normalized spacial score (nSPS) is 13.2. The smallest absolute Gasteiger partial charge is 0.0466 e. The van der Waals surface area contributed by atoms with Crippen LogP contribution in [-0.4, -0.2) is 6.54 Å². The summed E-state index contributed by atoms with van der Waals surface area (Å²) in [6, 6.07) is 10.4. The van der Waals surface area contributed by atoms with Crippen molar-refractivity contribution in [3.63, 3.8) is 0 Å². The van der Waals surface area contributed by atoms with Crippen molar-refractivity contribution in [3.05, 3.63) is 59.7 Å². The molecule has 0 amide bonds. The van der Waals surface area contributed by atoms with Gasteiger partial charge in [0, 0.05) is 12.3 Å². The van der Waals surface area contributed by atoms with Gasteiger partial charge in [0.05, 0.1) is 0 Å². The summed E-state index contributed by atoms with van der Waals surface area (Å²) in [5.41, 5.74) is 2.63. The highest BCUT2D eigenvalue weighted by atomic mass is 31.0. The van der Waals surface area contributed by atoms with Gasteiger partial charge in [-0.25, -0.2) is 0 Å². The summed E-state index contributed by atoms with van der Waals surface area (Å²) in [5, 5.41) is 3.47. The van der Waals surface area contributed by atoms with Gasteiger partial charge < -0.3 is 5.32 Å². The summed E-state index contributed by atoms with van der Waals surface area (Å²) in [4.78, 5) is 0. The highest BCUT2D eigenvalue weighted by Gasteiger charge is 2.02. The van der Waals surface area contributed by atoms with E-state index < -0.39 is 0 Å². The third kappa shape index (κ3) is 11.4. The first kappa shape index (κ1) is 20.1. The van der Waals surface area contributed by atoms with Crippen LogP contribution in [0.4, 0.5) is 0 Å². The number of rotatable bonds is 6. The summed E-state index contributed by atoms with van der Waals surface area (Å²) in [7, 11) is 2.83. The second-order valence-corrected chi connectivity index (χ2v) is 6.28. The third-order valence-corrected chi connectivity index (χ3v) is 3.77. The van der Waals surface area contributed by atoms with Crippen LogP contribution in [0.3, 0.4) is 0 Å². The van der Waals surface area contributed by atoms with Gasteiger partial charge in [-0.2, -0.15) is 0 Å². The van der Waals surface area contributed by atoms with Crippen LogP contribution >= 0.6 is 9.24 Å². The second kappa shape index (κ2) is 12.8. The SMILES string of the molecule is C/C=C\C=C(/C)CNC(P)c1ccccc1.CCC(C)C. The van der Waals surface area contributed by atoms with E-state index in [-0.39, 0.29) is 0 Å². The van der Waals surface area contributed by atoms with Crippen LogP contribution < -0.4 is 5.32 Å². The molecule has 1 N–H and O–H groups in total. The maximum Gasteiger partial charge on any atom is 0.0466 e. The number of benzene rings is 1. The molecule has 0 spiro atoms. The van der Waals surface area contributed by atoms with Crippen molar-refractivity contribution >= 4 is 9.24 Å². The summed E-state index contributed by atoms with van der Waals surface area (Å²) in [5.74, 6) is 1.20. The first-order valence-corrected chi connectivity index (χ1v) is 8.50. The lowest BCUT2D eigenvalue weighted by atomic mass is 10.2. The highest BCUT2D eigenvalue weighted by Crippen LogP contribution is 2.19. The molecule has 0 aliphatic carbocycles. The zero-order valence-corrected chi connectivity index (χ0v) is 15.4. The second-order valence-electron chi connectivity index (χ2n) is 5.61. The zero-order chi connectivity index (χ0) is 16.1. The Hall–Kier alpha value is -0.910. The van der Waals surface area contributed by atoms with Crippen molar-refractivity contribution in [2.75, 3.05) is 6.54 Å². The van der Waals surface area contributed by atoms with Gasteiger partial charge in [0.2, 0.25) is 0 Å². The van der Waals surface area contributed by atoms with Crippen molar-refractivity contribution in [1.82, 2.24) is 5.32 Å². The fourth-order valence-electron chi connectivity index (χ4n) is 1.37. The van der Waals surface area contributed by atoms with E-state index in [1.165, 1.54) is 17.6 Å². The van der Waals surface area contributed by atoms with E-state index >= 15 is 0 Å². The van der Waals surface area contributed by atoms with Gasteiger partial charge in [-0.3, -0.25) is 0 Å². The average molecular weight is 305 g/mol. The largest absolute Gasteiger partial charge is 0.303 e. The summed E-state index contributed by atoms with van der Waals surface area (Å²) < 4.78 is 0. The molecule has 0 aromatic heterocycles. The first-order chi connectivity index (χ1) is 10.0. The minimum absolute atomic E-state index is 0.315. The van der Waals surface area contributed by atoms with E-state index in [0.717, 1.165) is 12.5 Å². The molecule has 0 saturated carbocycles. The fraction of sp³-hybridized carbons (Fsp3) is 0.474. The molecule has 0 fully saturated rings. The molecule has 0 bridgehead atoms. The van der Waals surface area contributed by atoms with E-state index in [9.17, 15) is 0 Å². The van der Waals surface area contributed by atoms with Gasteiger partial charge in [0.25, 0.3) is 0 Å². The first-order valence-electron chi connectivity index (χ1n) is 7.83. The van der Waals surface area contributed by atoms with Gasteiger partial charge in [-0.15, -0.1) is 9.24 Å². The van der Waals surface area contributed by atoms with E-state index in [0.29, 0.717) is 5.78 Å². The van der Waals surface area contributed by atoms with Crippen LogP contribution in [0, 0.1) is 5.92 Å². The molecule has 0 heterocycles. The standard InChI is InChI=1S/C14H20NP.C5H12/c1-3-4-8-12(2)11-15-14(16)13-9-6-5-7-10-13;1-4-5(2)3/h3-10,14-15H,11,16H2,1-2H3;5H,4H2,1-3H3/b4-3-,12-8+;. The molecule has 1 nitrogen and oxygen atoms in total. The lowest BCUT2D eigenvalue weighted by Crippen LogP contribution is -2.18. The Morgan fingerprint density at radius 3 is 2.29 bits per heavy atom. The van der Waals surface area contributed by atoms with Gasteiger partial charge in [-0.05, 0) is 25.3 Å². The number of allylic oxidation sites excluding steroid dienone is 3. The molecule has 0 aliphatic rings. The molecule has 0 aliphatic heterocycles. The lowest BCUT2D eigenvalue weighted by Gasteiger charge is -2.14. The van der Waals surface area contributed by atoms with Crippen molar-refractivity contribution in [2.24, 2.45) is 5.92 Å². The molecular formula is C19H32NP. The van der Waals surface area contributed by atoms with Gasteiger partial charge in [0.15, 0.2) is 0 Å². The van der Waals surface area contributed by atoms with Crippen molar-refractivity contribution in [1.29, 1.82) is 0 Å². The van der Waals surface area contributed by atoms with Crippen LogP contribution in [0.5, 0.6) is 0 Å². The minimum Gasteiger partial charge on any atom is -0.303 e. The van der Waals surface area contributed by atoms with Crippen molar-refractivity contribution in [3.8, 4) is 0 Å². The van der Waals surface area contributed by atoms with Gasteiger partial charge >= 0.3 is 0 Å². The zero-order valence-electron chi connectivity index (χ0n) is 14.3.